The van der Waals surface area contributed by atoms with Gasteiger partial charge in [0, 0.05) is 0 Å². The van der Waals surface area contributed by atoms with Gasteiger partial charge in [-0.25, -0.2) is 4.98 Å². The number of thiazole rings is 1. The van der Waals surface area contributed by atoms with E-state index >= 15 is 0 Å². The molecule has 1 heterocycles. The van der Waals surface area contributed by atoms with Gasteiger partial charge in [-0.3, -0.25) is 10.1 Å². The molecular formula is C17H15ClN2O2S. The number of aromatic nitrogens is 1. The summed E-state index contributed by atoms with van der Waals surface area (Å²) in [6, 6.07) is 11.1. The molecule has 3 rings (SSSR count). The fourth-order valence-corrected chi connectivity index (χ4v) is 3.27. The molecule has 0 saturated carbocycles. The number of ether oxygens (including phenoxy) is 1. The number of hydrogen-bond donors (Lipinski definition) is 1. The van der Waals surface area contributed by atoms with E-state index in [9.17, 15) is 4.79 Å². The molecule has 0 fully saturated rings. The van der Waals surface area contributed by atoms with Crippen molar-refractivity contribution in [3.8, 4) is 5.75 Å². The monoisotopic (exact) mass is 346 g/mol. The van der Waals surface area contributed by atoms with Crippen LogP contribution in [0.25, 0.3) is 10.2 Å². The minimum Gasteiger partial charge on any atom is -0.482 e. The van der Waals surface area contributed by atoms with Crippen molar-refractivity contribution in [2.24, 2.45) is 0 Å². The van der Waals surface area contributed by atoms with Crippen molar-refractivity contribution >= 4 is 44.2 Å². The number of halogens is 1. The number of nitrogens with zero attached hydrogens (tertiary/aromatic N) is 1. The number of rotatable bonds is 4. The Morgan fingerprint density at radius 2 is 2.04 bits per heavy atom. The van der Waals surface area contributed by atoms with Gasteiger partial charge < -0.3 is 4.74 Å². The van der Waals surface area contributed by atoms with Crippen LogP contribution in [0, 0.1) is 13.8 Å². The van der Waals surface area contributed by atoms with Gasteiger partial charge in [-0.15, -0.1) is 0 Å². The van der Waals surface area contributed by atoms with Crippen molar-refractivity contribution in [3.05, 3.63) is 52.5 Å². The van der Waals surface area contributed by atoms with Crippen molar-refractivity contribution in [1.82, 2.24) is 4.98 Å². The zero-order chi connectivity index (χ0) is 16.4. The fraction of sp³-hybridized carbons (Fsp3) is 0.176. The quantitative estimate of drug-likeness (QED) is 0.752. The minimum absolute atomic E-state index is 0.113. The molecule has 0 atom stereocenters. The Morgan fingerprint density at radius 1 is 1.26 bits per heavy atom. The standard InChI is InChI=1S/C17H15ClN2O2S/c1-10-7-8-14-16(11(10)2)20-17(23-14)19-15(21)9-22-13-6-4-3-5-12(13)18/h3-8H,9H2,1-2H3,(H,19,20,21). The molecule has 23 heavy (non-hydrogen) atoms. The normalized spacial score (nSPS) is 10.7. The van der Waals surface area contributed by atoms with E-state index < -0.39 is 0 Å². The molecule has 0 spiro atoms. The zero-order valence-corrected chi connectivity index (χ0v) is 14.3. The molecule has 0 saturated heterocycles. The second-order valence-electron chi connectivity index (χ2n) is 5.14. The molecule has 0 aliphatic rings. The predicted molar refractivity (Wildman–Crippen MR) is 94.7 cm³/mol. The average Bonchev–Trinajstić information content (AvgIpc) is 2.93. The number of nitrogens with one attached hydrogen (secondary N) is 1. The molecule has 0 aliphatic carbocycles. The fourth-order valence-electron chi connectivity index (χ4n) is 2.14. The molecule has 6 heteroatoms. The molecule has 2 aromatic carbocycles. The summed E-state index contributed by atoms with van der Waals surface area (Å²) in [5.74, 6) is 0.221. The van der Waals surface area contributed by atoms with Crippen molar-refractivity contribution in [1.29, 1.82) is 0 Å². The van der Waals surface area contributed by atoms with Crippen LogP contribution in [-0.4, -0.2) is 17.5 Å². The van der Waals surface area contributed by atoms with Crippen molar-refractivity contribution in [3.63, 3.8) is 0 Å². The summed E-state index contributed by atoms with van der Waals surface area (Å²) in [5, 5.41) is 3.82. The summed E-state index contributed by atoms with van der Waals surface area (Å²) in [7, 11) is 0. The van der Waals surface area contributed by atoms with Gasteiger partial charge in [-0.05, 0) is 43.2 Å². The molecule has 0 unspecified atom stereocenters. The smallest absolute Gasteiger partial charge is 0.264 e. The van der Waals surface area contributed by atoms with Crippen LogP contribution in [0.15, 0.2) is 36.4 Å². The minimum atomic E-state index is -0.265. The molecule has 3 aromatic rings. The molecule has 0 radical (unpaired) electrons. The molecule has 118 valence electrons. The first-order valence-electron chi connectivity index (χ1n) is 7.08. The molecule has 1 amide bonds. The summed E-state index contributed by atoms with van der Waals surface area (Å²) in [6.07, 6.45) is 0. The highest BCUT2D eigenvalue weighted by Gasteiger charge is 2.11. The van der Waals surface area contributed by atoms with Gasteiger partial charge in [0.15, 0.2) is 11.7 Å². The van der Waals surface area contributed by atoms with Gasteiger partial charge >= 0.3 is 0 Å². The number of carbonyl (C=O) groups is 1. The van der Waals surface area contributed by atoms with Crippen LogP contribution in [0.5, 0.6) is 5.75 Å². The van der Waals surface area contributed by atoms with Crippen molar-refractivity contribution in [2.45, 2.75) is 13.8 Å². The van der Waals surface area contributed by atoms with E-state index in [1.54, 1.807) is 24.3 Å². The third-order valence-corrected chi connectivity index (χ3v) is 4.77. The SMILES string of the molecule is Cc1ccc2sc(NC(=O)COc3ccccc3Cl)nc2c1C. The maximum Gasteiger partial charge on any atom is 0.264 e. The second-order valence-corrected chi connectivity index (χ2v) is 6.58. The highest BCUT2D eigenvalue weighted by Crippen LogP contribution is 2.29. The maximum atomic E-state index is 12.0. The van der Waals surface area contributed by atoms with E-state index in [0.29, 0.717) is 15.9 Å². The Kier molecular flexibility index (Phi) is 4.50. The number of hydrogen-bond acceptors (Lipinski definition) is 4. The van der Waals surface area contributed by atoms with E-state index in [1.165, 1.54) is 16.9 Å². The summed E-state index contributed by atoms with van der Waals surface area (Å²) in [4.78, 5) is 16.5. The van der Waals surface area contributed by atoms with Crippen molar-refractivity contribution < 1.29 is 9.53 Å². The number of para-hydroxylation sites is 1. The van der Waals surface area contributed by atoms with E-state index in [0.717, 1.165) is 15.8 Å². The summed E-state index contributed by atoms with van der Waals surface area (Å²) in [5.41, 5.74) is 3.24. The van der Waals surface area contributed by atoms with Crippen LogP contribution < -0.4 is 10.1 Å². The molecule has 0 bridgehead atoms. The summed E-state index contributed by atoms with van der Waals surface area (Å²) < 4.78 is 6.47. The number of aryl methyl sites for hydroxylation is 2. The molecule has 0 aliphatic heterocycles. The average molecular weight is 347 g/mol. The van der Waals surface area contributed by atoms with E-state index in [-0.39, 0.29) is 12.5 Å². The molecule has 1 N–H and O–H groups in total. The van der Waals surface area contributed by atoms with Crippen LogP contribution in [0.2, 0.25) is 5.02 Å². The Morgan fingerprint density at radius 3 is 2.83 bits per heavy atom. The van der Waals surface area contributed by atoms with Gasteiger partial charge in [0.05, 0.1) is 15.2 Å². The van der Waals surface area contributed by atoms with Gasteiger partial charge in [0.2, 0.25) is 0 Å². The van der Waals surface area contributed by atoms with Crippen LogP contribution in [0.4, 0.5) is 5.13 Å². The number of carbonyl (C=O) groups excluding carboxylic acids is 1. The van der Waals surface area contributed by atoms with Gasteiger partial charge in [-0.2, -0.15) is 0 Å². The Hall–Kier alpha value is -2.11. The number of benzene rings is 2. The van der Waals surface area contributed by atoms with Crippen LogP contribution in [0.3, 0.4) is 0 Å². The lowest BCUT2D eigenvalue weighted by Gasteiger charge is -2.06. The van der Waals surface area contributed by atoms with Gasteiger partial charge in [0.25, 0.3) is 5.91 Å². The third-order valence-electron chi connectivity index (χ3n) is 3.53. The largest absolute Gasteiger partial charge is 0.482 e. The maximum absolute atomic E-state index is 12.0. The van der Waals surface area contributed by atoms with E-state index in [1.807, 2.05) is 19.9 Å². The lowest BCUT2D eigenvalue weighted by molar-refractivity contribution is -0.118. The zero-order valence-electron chi connectivity index (χ0n) is 12.7. The predicted octanol–water partition coefficient (Wildman–Crippen LogP) is 4.58. The highest BCUT2D eigenvalue weighted by molar-refractivity contribution is 7.22. The third kappa shape index (κ3) is 3.46. The van der Waals surface area contributed by atoms with Gasteiger partial charge in [0.1, 0.15) is 5.75 Å². The molecule has 1 aromatic heterocycles. The molecule has 4 nitrogen and oxygen atoms in total. The first kappa shape index (κ1) is 15.8. The topological polar surface area (TPSA) is 51.2 Å². The van der Waals surface area contributed by atoms with Crippen molar-refractivity contribution in [2.75, 3.05) is 11.9 Å². The van der Waals surface area contributed by atoms with Crippen LogP contribution >= 0.6 is 22.9 Å². The van der Waals surface area contributed by atoms with Gasteiger partial charge in [-0.1, -0.05) is 41.1 Å². The number of anilines is 1. The van der Waals surface area contributed by atoms with Crippen LogP contribution in [0.1, 0.15) is 11.1 Å². The Labute approximate surface area is 143 Å². The van der Waals surface area contributed by atoms with E-state index in [2.05, 4.69) is 16.4 Å². The first-order chi connectivity index (χ1) is 11.0. The molecular weight excluding hydrogens is 332 g/mol. The summed E-state index contributed by atoms with van der Waals surface area (Å²) >= 11 is 7.44. The highest BCUT2D eigenvalue weighted by atomic mass is 35.5. The first-order valence-corrected chi connectivity index (χ1v) is 8.28. The lowest BCUT2D eigenvalue weighted by atomic mass is 10.1. The second kappa shape index (κ2) is 6.56. The lowest BCUT2D eigenvalue weighted by Crippen LogP contribution is -2.20. The van der Waals surface area contributed by atoms with Crippen LogP contribution in [-0.2, 0) is 4.79 Å². The Balaban J connectivity index is 1.68. The summed E-state index contributed by atoms with van der Waals surface area (Å²) in [6.45, 7) is 3.96. The Bertz CT molecular complexity index is 876. The number of fused-ring (bicyclic) bond motifs is 1. The number of amides is 1. The van der Waals surface area contributed by atoms with E-state index in [4.69, 9.17) is 16.3 Å².